The topological polar surface area (TPSA) is 46.9 Å². The molecule has 1 saturated heterocycles. The highest BCUT2D eigenvalue weighted by Gasteiger charge is 2.24. The van der Waals surface area contributed by atoms with E-state index in [-0.39, 0.29) is 11.8 Å². The standard InChI is InChI=1S/C24H35N3O3/c1-6-30-24-10-8-7-9-22(24)26-13-11-25(12-14-26)16-23(28)21-15-18(2)27(20(21)4)19(3)17-29-5/h7-10,15,19H,6,11-14,16-17H2,1-5H3/t19-/m1/s1. The molecular formula is C24H35N3O3. The fourth-order valence-electron chi connectivity index (χ4n) is 4.48. The number of benzene rings is 1. The molecule has 6 nitrogen and oxygen atoms in total. The Hall–Kier alpha value is -2.31. The number of methoxy groups -OCH3 is 1. The van der Waals surface area contributed by atoms with Crippen molar-refractivity contribution in [2.75, 3.05) is 57.9 Å². The first kappa shape index (κ1) is 22.4. The normalized spacial score (nSPS) is 16.0. The zero-order chi connectivity index (χ0) is 21.7. The van der Waals surface area contributed by atoms with E-state index in [0.717, 1.165) is 54.6 Å². The lowest BCUT2D eigenvalue weighted by Crippen LogP contribution is -2.48. The summed E-state index contributed by atoms with van der Waals surface area (Å²) in [6.45, 7) is 13.5. The summed E-state index contributed by atoms with van der Waals surface area (Å²) in [6.07, 6.45) is 0. The van der Waals surface area contributed by atoms with Gasteiger partial charge in [0.15, 0.2) is 5.78 Å². The number of ether oxygens (including phenoxy) is 2. The van der Waals surface area contributed by atoms with Crippen molar-refractivity contribution in [2.24, 2.45) is 0 Å². The molecule has 2 heterocycles. The average molecular weight is 414 g/mol. The van der Waals surface area contributed by atoms with Crippen molar-refractivity contribution in [1.29, 1.82) is 0 Å². The van der Waals surface area contributed by atoms with E-state index in [4.69, 9.17) is 9.47 Å². The van der Waals surface area contributed by atoms with Crippen molar-refractivity contribution in [3.63, 3.8) is 0 Å². The van der Waals surface area contributed by atoms with Gasteiger partial charge in [-0.25, -0.2) is 0 Å². The third-order valence-corrected chi connectivity index (χ3v) is 5.88. The number of rotatable bonds is 9. The summed E-state index contributed by atoms with van der Waals surface area (Å²) in [5.74, 6) is 1.13. The van der Waals surface area contributed by atoms with Crippen LogP contribution in [-0.2, 0) is 4.74 Å². The minimum absolute atomic E-state index is 0.196. The van der Waals surface area contributed by atoms with Crippen molar-refractivity contribution >= 4 is 11.5 Å². The summed E-state index contributed by atoms with van der Waals surface area (Å²) >= 11 is 0. The Morgan fingerprint density at radius 1 is 1.13 bits per heavy atom. The maximum atomic E-state index is 13.1. The number of piperazine rings is 1. The van der Waals surface area contributed by atoms with Gasteiger partial charge >= 0.3 is 0 Å². The van der Waals surface area contributed by atoms with E-state index in [9.17, 15) is 4.79 Å². The summed E-state index contributed by atoms with van der Waals surface area (Å²) in [7, 11) is 1.71. The zero-order valence-corrected chi connectivity index (χ0v) is 19.0. The molecule has 1 aromatic carbocycles. The van der Waals surface area contributed by atoms with Crippen LogP contribution in [-0.4, -0.2) is 68.3 Å². The predicted octanol–water partition coefficient (Wildman–Crippen LogP) is 3.72. The molecule has 2 aromatic rings. The molecule has 1 aliphatic heterocycles. The molecule has 0 unspecified atom stereocenters. The summed E-state index contributed by atoms with van der Waals surface area (Å²) in [5, 5.41) is 0. The smallest absolute Gasteiger partial charge is 0.178 e. The summed E-state index contributed by atoms with van der Waals surface area (Å²) in [5.41, 5.74) is 4.12. The van der Waals surface area contributed by atoms with Gasteiger partial charge < -0.3 is 18.9 Å². The fraction of sp³-hybridized carbons (Fsp3) is 0.542. The van der Waals surface area contributed by atoms with E-state index in [1.54, 1.807) is 7.11 Å². The minimum Gasteiger partial charge on any atom is -0.492 e. The number of aromatic nitrogens is 1. The number of nitrogens with zero attached hydrogens (tertiary/aromatic N) is 3. The first-order chi connectivity index (χ1) is 14.5. The molecule has 0 amide bonds. The molecule has 30 heavy (non-hydrogen) atoms. The highest BCUT2D eigenvalue weighted by Crippen LogP contribution is 2.29. The van der Waals surface area contributed by atoms with Crippen molar-refractivity contribution in [3.8, 4) is 5.75 Å². The predicted molar refractivity (Wildman–Crippen MR) is 121 cm³/mol. The number of Topliss-reactive ketones (excluding diaryl/α,β-unsaturated/α-hetero) is 1. The second-order valence-electron chi connectivity index (χ2n) is 8.05. The molecule has 3 rings (SSSR count). The van der Waals surface area contributed by atoms with Gasteiger partial charge in [-0.3, -0.25) is 9.69 Å². The minimum atomic E-state index is 0.196. The monoisotopic (exact) mass is 413 g/mol. The van der Waals surface area contributed by atoms with Crippen molar-refractivity contribution in [2.45, 2.75) is 33.7 Å². The van der Waals surface area contributed by atoms with Gasteiger partial charge in [0.1, 0.15) is 5.75 Å². The number of carbonyl (C=O) groups is 1. The van der Waals surface area contributed by atoms with Crippen LogP contribution in [0.2, 0.25) is 0 Å². The molecule has 6 heteroatoms. The first-order valence-corrected chi connectivity index (χ1v) is 10.9. The van der Waals surface area contributed by atoms with E-state index < -0.39 is 0 Å². The van der Waals surface area contributed by atoms with Crippen LogP contribution in [0.1, 0.15) is 41.6 Å². The molecule has 0 spiro atoms. The fourth-order valence-corrected chi connectivity index (χ4v) is 4.48. The highest BCUT2D eigenvalue weighted by atomic mass is 16.5. The van der Waals surface area contributed by atoms with E-state index in [2.05, 4.69) is 34.3 Å². The summed E-state index contributed by atoms with van der Waals surface area (Å²) < 4.78 is 13.3. The van der Waals surface area contributed by atoms with E-state index in [1.807, 2.05) is 38.1 Å². The second-order valence-corrected chi connectivity index (χ2v) is 8.05. The van der Waals surface area contributed by atoms with Gasteiger partial charge in [0.2, 0.25) is 0 Å². The molecule has 0 saturated carbocycles. The van der Waals surface area contributed by atoms with Crippen LogP contribution in [0.25, 0.3) is 0 Å². The molecule has 164 valence electrons. The van der Waals surface area contributed by atoms with Crippen molar-refractivity contribution in [3.05, 3.63) is 47.3 Å². The molecule has 1 aromatic heterocycles. The lowest BCUT2D eigenvalue weighted by atomic mass is 10.1. The lowest BCUT2D eigenvalue weighted by molar-refractivity contribution is 0.0925. The molecule has 0 aliphatic carbocycles. The van der Waals surface area contributed by atoms with Gasteiger partial charge in [-0.1, -0.05) is 12.1 Å². The van der Waals surface area contributed by atoms with Gasteiger partial charge in [0.05, 0.1) is 31.5 Å². The van der Waals surface area contributed by atoms with Crippen LogP contribution in [0, 0.1) is 13.8 Å². The third-order valence-electron chi connectivity index (χ3n) is 5.88. The Bertz CT molecular complexity index is 853. The molecule has 0 N–H and O–H groups in total. The Morgan fingerprint density at radius 3 is 2.50 bits per heavy atom. The Labute approximate surface area is 180 Å². The molecule has 1 fully saturated rings. The SMILES string of the molecule is CCOc1ccccc1N1CCN(CC(=O)c2cc(C)n([C@H](C)COC)c2C)CC1. The number of ketones is 1. The number of anilines is 1. The molecule has 0 radical (unpaired) electrons. The quantitative estimate of drug-likeness (QED) is 0.587. The van der Waals surface area contributed by atoms with E-state index in [1.165, 1.54) is 0 Å². The van der Waals surface area contributed by atoms with Crippen LogP contribution < -0.4 is 9.64 Å². The van der Waals surface area contributed by atoms with Crippen LogP contribution >= 0.6 is 0 Å². The maximum Gasteiger partial charge on any atom is 0.178 e. The van der Waals surface area contributed by atoms with Crippen LogP contribution in [0.15, 0.2) is 30.3 Å². The molecule has 0 bridgehead atoms. The summed E-state index contributed by atoms with van der Waals surface area (Å²) in [6, 6.07) is 10.4. The first-order valence-electron chi connectivity index (χ1n) is 10.9. The summed E-state index contributed by atoms with van der Waals surface area (Å²) in [4.78, 5) is 17.7. The lowest BCUT2D eigenvalue weighted by Gasteiger charge is -2.36. The van der Waals surface area contributed by atoms with Gasteiger partial charge in [-0.2, -0.15) is 0 Å². The molecule has 1 aliphatic rings. The molecular weight excluding hydrogens is 378 g/mol. The van der Waals surface area contributed by atoms with Gasteiger partial charge in [-0.15, -0.1) is 0 Å². The Balaban J connectivity index is 1.62. The third kappa shape index (κ3) is 4.87. The average Bonchev–Trinajstić information content (AvgIpc) is 3.04. The van der Waals surface area contributed by atoms with Gasteiger partial charge in [0.25, 0.3) is 0 Å². The number of hydrogen-bond donors (Lipinski definition) is 0. The zero-order valence-electron chi connectivity index (χ0n) is 19.0. The van der Waals surface area contributed by atoms with E-state index in [0.29, 0.717) is 19.8 Å². The largest absolute Gasteiger partial charge is 0.492 e. The van der Waals surface area contributed by atoms with Crippen molar-refractivity contribution < 1.29 is 14.3 Å². The maximum absolute atomic E-state index is 13.1. The van der Waals surface area contributed by atoms with Crippen LogP contribution in [0.3, 0.4) is 0 Å². The van der Waals surface area contributed by atoms with Crippen LogP contribution in [0.5, 0.6) is 5.75 Å². The van der Waals surface area contributed by atoms with Gasteiger partial charge in [-0.05, 0) is 45.9 Å². The second kappa shape index (κ2) is 10.1. The number of carbonyl (C=O) groups excluding carboxylic acids is 1. The van der Waals surface area contributed by atoms with Crippen LogP contribution in [0.4, 0.5) is 5.69 Å². The number of hydrogen-bond acceptors (Lipinski definition) is 5. The number of aryl methyl sites for hydroxylation is 1. The molecule has 1 atom stereocenters. The van der Waals surface area contributed by atoms with Crippen molar-refractivity contribution in [1.82, 2.24) is 9.47 Å². The number of para-hydroxylation sites is 2. The van der Waals surface area contributed by atoms with E-state index >= 15 is 0 Å². The Kier molecular flexibility index (Phi) is 7.56. The highest BCUT2D eigenvalue weighted by molar-refractivity contribution is 5.99. The Morgan fingerprint density at radius 2 is 1.83 bits per heavy atom. The van der Waals surface area contributed by atoms with Gasteiger partial charge in [0, 0.05) is 50.2 Å².